The van der Waals surface area contributed by atoms with Crippen LogP contribution in [0.15, 0.2) is 236 Å². The normalized spacial score (nSPS) is 14.4. The number of fused-ring (bicyclic) bond motifs is 3. The Hall–Kier alpha value is -8.67. The predicted molar refractivity (Wildman–Crippen MR) is 271 cm³/mol. The summed E-state index contributed by atoms with van der Waals surface area (Å²) in [5.41, 5.74) is 6.33. The van der Waals surface area contributed by atoms with E-state index in [1.165, 1.54) is 6.07 Å². The average Bonchev–Trinajstić information content (AvgIpc) is 3.89. The van der Waals surface area contributed by atoms with Gasteiger partial charge in [0.05, 0.1) is 48.7 Å². The summed E-state index contributed by atoms with van der Waals surface area (Å²) in [7, 11) is 0. The number of anilines is 4. The number of para-hydroxylation sites is 3. The van der Waals surface area contributed by atoms with Crippen molar-refractivity contribution in [3.8, 4) is 61.8 Å². The van der Waals surface area contributed by atoms with Gasteiger partial charge in [-0.25, -0.2) is 4.98 Å². The van der Waals surface area contributed by atoms with Gasteiger partial charge in [-0.15, -0.1) is 0 Å². The summed E-state index contributed by atoms with van der Waals surface area (Å²) >= 11 is 0. The SMILES string of the molecule is [2H]c1c([2H])c([2H])c(-c2cnc(-n3c4ccc(-c5ccccc5)cc4c4ccc(Oc5cccc(Nc6ccccc6Nc6c(-c7c([2H])c([2H])c([2H])c([2H])c7[2H])cccc6-c6c([2H])c([2H])c([2H])c([2H])c6[2H])c5)cc43)cc2C)c([2H])c1[2H]. The zero-order chi connectivity index (χ0) is 56.6. The third-order valence-corrected chi connectivity index (χ3v) is 11.1. The van der Waals surface area contributed by atoms with Gasteiger partial charge in [0.25, 0.3) is 0 Å². The minimum atomic E-state index is -0.588. The topological polar surface area (TPSA) is 51.1 Å². The van der Waals surface area contributed by atoms with Crippen molar-refractivity contribution in [3.63, 3.8) is 0 Å². The van der Waals surface area contributed by atoms with Crippen LogP contribution in [0.2, 0.25) is 0 Å². The van der Waals surface area contributed by atoms with Gasteiger partial charge in [0.1, 0.15) is 17.3 Å². The van der Waals surface area contributed by atoms with Gasteiger partial charge in [-0.1, -0.05) is 163 Å². The Kier molecular flexibility index (Phi) is 6.92. The standard InChI is InChI=1S/C60H44N4O/c1-41-36-59(61-40-54(41)45-24-12-5-13-25-45)64-57-35-32-46(42-18-6-2-7-19-42)37-53(57)52-34-33-49(39-58(52)64)65-48-27-16-26-47(38-48)62-55-30-14-15-31-56(55)63-60-50(43-20-8-3-9-21-43)28-17-29-51(60)44-22-10-4-11-23-44/h2-40,62-63H,1H3/i3D,4D,5D,8D,9D,10D,11D,12D,13D,20D,21D,22D,23D,24D,25D. The van der Waals surface area contributed by atoms with E-state index in [1.54, 1.807) is 54.7 Å². The molecule has 0 atom stereocenters. The molecule has 310 valence electrons. The van der Waals surface area contributed by atoms with Crippen molar-refractivity contribution in [3.05, 3.63) is 242 Å². The first-order valence-corrected chi connectivity index (χ1v) is 20.7. The maximum atomic E-state index is 8.91. The number of benzene rings is 9. The van der Waals surface area contributed by atoms with Crippen molar-refractivity contribution in [2.75, 3.05) is 10.6 Å². The smallest absolute Gasteiger partial charge is 0.137 e. The Morgan fingerprint density at radius 2 is 1.08 bits per heavy atom. The van der Waals surface area contributed by atoms with E-state index in [4.69, 9.17) is 30.3 Å². The molecule has 0 aliphatic carbocycles. The van der Waals surface area contributed by atoms with Crippen LogP contribution < -0.4 is 15.4 Å². The van der Waals surface area contributed by atoms with Crippen LogP contribution in [0.4, 0.5) is 22.7 Å². The first-order chi connectivity index (χ1) is 38.3. The second-order valence-corrected chi connectivity index (χ2v) is 15.1. The number of pyridine rings is 1. The highest BCUT2D eigenvalue weighted by Crippen LogP contribution is 2.42. The van der Waals surface area contributed by atoms with E-state index < -0.39 is 78.6 Å². The molecule has 0 fully saturated rings. The number of hydrogen-bond acceptors (Lipinski definition) is 4. The molecule has 11 aromatic rings. The minimum absolute atomic E-state index is 0.0631. The lowest BCUT2D eigenvalue weighted by Crippen LogP contribution is -2.01. The van der Waals surface area contributed by atoms with E-state index >= 15 is 0 Å². The number of hydrogen-bond donors (Lipinski definition) is 2. The highest BCUT2D eigenvalue weighted by molar-refractivity contribution is 6.11. The van der Waals surface area contributed by atoms with Crippen LogP contribution in [0.25, 0.3) is 72.1 Å². The van der Waals surface area contributed by atoms with E-state index in [-0.39, 0.29) is 45.6 Å². The largest absolute Gasteiger partial charge is 0.457 e. The number of rotatable bonds is 11. The van der Waals surface area contributed by atoms with Crippen LogP contribution in [0, 0.1) is 6.92 Å². The zero-order valence-corrected chi connectivity index (χ0v) is 34.7. The molecule has 9 aromatic carbocycles. The van der Waals surface area contributed by atoms with Gasteiger partial charge in [0.15, 0.2) is 0 Å². The molecule has 11 rings (SSSR count). The molecule has 0 bridgehead atoms. The summed E-state index contributed by atoms with van der Waals surface area (Å²) in [4.78, 5) is 4.87. The molecule has 0 unspecified atom stereocenters. The van der Waals surface area contributed by atoms with Crippen LogP contribution in [-0.4, -0.2) is 9.55 Å². The van der Waals surface area contributed by atoms with Crippen molar-refractivity contribution in [2.45, 2.75) is 6.92 Å². The van der Waals surface area contributed by atoms with Crippen LogP contribution in [0.5, 0.6) is 11.5 Å². The monoisotopic (exact) mass is 851 g/mol. The Morgan fingerprint density at radius 3 is 1.75 bits per heavy atom. The predicted octanol–water partition coefficient (Wildman–Crippen LogP) is 16.4. The molecular weight excluding hydrogens is 793 g/mol. The lowest BCUT2D eigenvalue weighted by Gasteiger charge is -2.20. The Labute approximate surface area is 400 Å². The lowest BCUT2D eigenvalue weighted by atomic mass is 9.95. The lowest BCUT2D eigenvalue weighted by molar-refractivity contribution is 0.483. The molecule has 0 radical (unpaired) electrons. The van der Waals surface area contributed by atoms with Crippen molar-refractivity contribution in [1.82, 2.24) is 9.55 Å². The van der Waals surface area contributed by atoms with Gasteiger partial charge < -0.3 is 15.4 Å². The Bertz CT molecular complexity index is 4200. The second kappa shape index (κ2) is 17.2. The van der Waals surface area contributed by atoms with Crippen LogP contribution in [-0.2, 0) is 0 Å². The molecule has 2 N–H and O–H groups in total. The number of nitrogens with one attached hydrogen (secondary N) is 2. The van der Waals surface area contributed by atoms with E-state index in [0.717, 1.165) is 32.9 Å². The van der Waals surface area contributed by atoms with Crippen LogP contribution in [0.1, 0.15) is 26.1 Å². The Balaban J connectivity index is 0.975. The van der Waals surface area contributed by atoms with Gasteiger partial charge in [0.2, 0.25) is 0 Å². The summed E-state index contributed by atoms with van der Waals surface area (Å²) < 4.78 is 137. The molecule has 2 aromatic heterocycles. The average molecular weight is 852 g/mol. The fourth-order valence-electron chi connectivity index (χ4n) is 8.07. The van der Waals surface area contributed by atoms with Gasteiger partial charge in [-0.2, -0.15) is 0 Å². The van der Waals surface area contributed by atoms with Crippen molar-refractivity contribution < 1.29 is 25.3 Å². The van der Waals surface area contributed by atoms with Crippen LogP contribution >= 0.6 is 0 Å². The van der Waals surface area contributed by atoms with E-state index in [0.29, 0.717) is 45.5 Å². The highest BCUT2D eigenvalue weighted by atomic mass is 16.5. The summed E-state index contributed by atoms with van der Waals surface area (Å²) in [6.07, 6.45) is 1.54. The fraction of sp³-hybridized carbons (Fsp3) is 0.0167. The van der Waals surface area contributed by atoms with Crippen molar-refractivity contribution >= 4 is 44.6 Å². The van der Waals surface area contributed by atoms with Crippen molar-refractivity contribution in [1.29, 1.82) is 0 Å². The quantitative estimate of drug-likeness (QED) is 0.136. The molecule has 0 amide bonds. The van der Waals surface area contributed by atoms with Gasteiger partial charge in [-0.05, 0) is 94.9 Å². The van der Waals surface area contributed by atoms with Crippen molar-refractivity contribution in [2.24, 2.45) is 0 Å². The van der Waals surface area contributed by atoms with Gasteiger partial charge in [-0.3, -0.25) is 4.57 Å². The molecule has 2 heterocycles. The third-order valence-electron chi connectivity index (χ3n) is 11.1. The fourth-order valence-corrected chi connectivity index (χ4v) is 8.07. The first kappa shape index (κ1) is 26.1. The maximum absolute atomic E-state index is 8.91. The molecular formula is C60H44N4O. The summed E-state index contributed by atoms with van der Waals surface area (Å²) in [6, 6.07) is 35.4. The molecule has 0 saturated carbocycles. The molecule has 0 saturated heterocycles. The van der Waals surface area contributed by atoms with Gasteiger partial charge >= 0.3 is 0 Å². The third kappa shape index (κ3) is 7.88. The summed E-state index contributed by atoms with van der Waals surface area (Å²) in [5, 5.41) is 8.66. The van der Waals surface area contributed by atoms with E-state index in [1.807, 2.05) is 90.4 Å². The molecule has 5 nitrogen and oxygen atoms in total. The van der Waals surface area contributed by atoms with E-state index in [2.05, 4.69) is 16.7 Å². The first-order valence-electron chi connectivity index (χ1n) is 28.2. The van der Waals surface area contributed by atoms with Crippen LogP contribution in [0.3, 0.4) is 0 Å². The molecule has 65 heavy (non-hydrogen) atoms. The summed E-state index contributed by atoms with van der Waals surface area (Å²) in [5.74, 6) is 1.47. The number of ether oxygens (including phenoxy) is 1. The number of nitrogens with zero attached hydrogens (tertiary/aromatic N) is 2. The Morgan fingerprint density at radius 1 is 0.462 bits per heavy atom. The molecule has 5 heteroatoms. The second-order valence-electron chi connectivity index (χ2n) is 15.1. The molecule has 0 spiro atoms. The molecule has 0 aliphatic heterocycles. The zero-order valence-electron chi connectivity index (χ0n) is 49.7. The maximum Gasteiger partial charge on any atom is 0.137 e. The molecule has 0 aliphatic rings. The number of aryl methyl sites for hydroxylation is 1. The minimum Gasteiger partial charge on any atom is -0.457 e. The van der Waals surface area contributed by atoms with Gasteiger partial charge in [0, 0.05) is 51.5 Å². The summed E-state index contributed by atoms with van der Waals surface area (Å²) in [6.45, 7) is 1.82. The van der Waals surface area contributed by atoms with E-state index in [9.17, 15) is 0 Å². The highest BCUT2D eigenvalue weighted by Gasteiger charge is 2.18. The number of aromatic nitrogens is 2.